The van der Waals surface area contributed by atoms with E-state index in [4.69, 9.17) is 5.73 Å². The number of unbranched alkanes of at least 4 members (excludes halogenated alkanes) is 1. The summed E-state index contributed by atoms with van der Waals surface area (Å²) < 4.78 is 14.3. The SMILES string of the molecule is C[C@@H](O)[C@H](NC(=O)[C@@H]1CSSC[C@H](NC(=O)[C@@H](Cc2ccccc2)NC(=O)CCc2cn(CCF)nn2)C(=O)N[C@@H](Cc2ccc(O)cc2)C(=O)N[C@H](Cc2c[nH]c3ccccc23)C(=O)N[C@@H](CCCCN)C(=O)N[C@@H]([C@@H](C)O)C(=O)N1)C(=O)O. The molecule has 5 aromatic rings. The van der Waals surface area contributed by atoms with Gasteiger partial charge in [0.15, 0.2) is 6.04 Å². The lowest BCUT2D eigenvalue weighted by Gasteiger charge is -2.29. The number of aliphatic hydroxyl groups excluding tert-OH is 2. The number of para-hydroxylation sites is 1. The minimum absolute atomic E-state index is 0.0403. The fourth-order valence-corrected chi connectivity index (χ4v) is 11.4. The molecule has 458 valence electrons. The first-order valence-electron chi connectivity index (χ1n) is 27.5. The van der Waals surface area contributed by atoms with E-state index in [-0.39, 0.29) is 69.5 Å². The molecule has 6 rings (SSSR count). The summed E-state index contributed by atoms with van der Waals surface area (Å²) in [5.74, 6) is -9.85. The number of aromatic nitrogens is 4. The van der Waals surface area contributed by atoms with Crippen LogP contribution in [0, 0.1) is 0 Å². The van der Waals surface area contributed by atoms with Crippen LogP contribution in [0.3, 0.4) is 0 Å². The van der Waals surface area contributed by atoms with Gasteiger partial charge in [0.2, 0.25) is 47.3 Å². The van der Waals surface area contributed by atoms with Gasteiger partial charge in [-0.3, -0.25) is 38.4 Å². The molecule has 1 fully saturated rings. The first-order valence-corrected chi connectivity index (χ1v) is 30.0. The molecular weight excluding hydrogens is 1150 g/mol. The van der Waals surface area contributed by atoms with Gasteiger partial charge in [-0.2, -0.15) is 0 Å². The van der Waals surface area contributed by atoms with E-state index in [9.17, 15) is 63.2 Å². The second-order valence-electron chi connectivity index (χ2n) is 20.4. The van der Waals surface area contributed by atoms with Crippen LogP contribution in [0.25, 0.3) is 10.9 Å². The molecule has 15 N–H and O–H groups in total. The van der Waals surface area contributed by atoms with Gasteiger partial charge in [-0.15, -0.1) is 5.10 Å². The maximum Gasteiger partial charge on any atom is 0.328 e. The van der Waals surface area contributed by atoms with Crippen molar-refractivity contribution in [2.75, 3.05) is 24.7 Å². The summed E-state index contributed by atoms with van der Waals surface area (Å²) in [4.78, 5) is 131. The predicted molar refractivity (Wildman–Crippen MR) is 313 cm³/mol. The number of carboxylic acids is 1. The van der Waals surface area contributed by atoms with E-state index in [0.717, 1.165) is 28.5 Å². The Hall–Kier alpha value is -8.12. The molecule has 26 nitrogen and oxygen atoms in total. The highest BCUT2D eigenvalue weighted by Crippen LogP contribution is 2.25. The van der Waals surface area contributed by atoms with Gasteiger partial charge in [0, 0.05) is 66.9 Å². The fourth-order valence-electron chi connectivity index (χ4n) is 9.03. The number of aliphatic hydroxyl groups is 2. The van der Waals surface area contributed by atoms with Gasteiger partial charge in [0.1, 0.15) is 54.7 Å². The van der Waals surface area contributed by atoms with Crippen molar-refractivity contribution in [2.24, 2.45) is 5.73 Å². The first kappa shape index (κ1) is 66.0. The minimum Gasteiger partial charge on any atom is -0.508 e. The van der Waals surface area contributed by atoms with E-state index in [2.05, 4.69) is 57.8 Å². The molecule has 1 aliphatic heterocycles. The smallest absolute Gasteiger partial charge is 0.328 e. The zero-order valence-corrected chi connectivity index (χ0v) is 48.3. The van der Waals surface area contributed by atoms with E-state index in [0.29, 0.717) is 39.7 Å². The number of aromatic hydroxyl groups is 1. The third-order valence-corrected chi connectivity index (χ3v) is 16.1. The van der Waals surface area contributed by atoms with Gasteiger partial charge in [-0.05, 0) is 74.5 Å². The van der Waals surface area contributed by atoms with Crippen LogP contribution in [0.15, 0.2) is 91.3 Å². The number of nitrogens with zero attached hydrogens (tertiary/aromatic N) is 3. The maximum absolute atomic E-state index is 15.0. The second-order valence-corrected chi connectivity index (χ2v) is 22.9. The van der Waals surface area contributed by atoms with E-state index in [1.165, 1.54) is 42.1 Å². The molecule has 0 radical (unpaired) electrons. The Bertz CT molecular complexity index is 3080. The summed E-state index contributed by atoms with van der Waals surface area (Å²) in [6.45, 7) is 1.77. The monoisotopic (exact) mass is 1220 g/mol. The number of nitrogens with two attached hydrogens (primary N) is 1. The number of fused-ring (bicyclic) bond motifs is 1. The van der Waals surface area contributed by atoms with E-state index < -0.39 is 126 Å². The third-order valence-electron chi connectivity index (χ3n) is 13.7. The van der Waals surface area contributed by atoms with Crippen LogP contribution >= 0.6 is 21.6 Å². The van der Waals surface area contributed by atoms with E-state index in [1.807, 2.05) is 0 Å². The lowest BCUT2D eigenvalue weighted by molar-refractivity contribution is -0.145. The average molecular weight is 1220 g/mol. The number of carbonyl (C=O) groups is 9. The number of aromatic amines is 1. The highest BCUT2D eigenvalue weighted by molar-refractivity contribution is 8.76. The maximum atomic E-state index is 15.0. The topological polar surface area (TPSA) is 403 Å². The van der Waals surface area contributed by atoms with Crippen molar-refractivity contribution in [3.8, 4) is 5.75 Å². The fraction of sp³-hybridized carbons (Fsp3) is 0.446. The molecule has 1 aliphatic rings. The normalized spacial score (nSPS) is 20.9. The summed E-state index contributed by atoms with van der Waals surface area (Å²) in [7, 11) is 1.75. The number of hydrogen-bond donors (Lipinski definition) is 14. The molecule has 0 unspecified atom stereocenters. The van der Waals surface area contributed by atoms with Gasteiger partial charge < -0.3 is 73.7 Å². The number of benzene rings is 3. The van der Waals surface area contributed by atoms with Gasteiger partial charge in [-0.1, -0.05) is 87.5 Å². The minimum atomic E-state index is -1.87. The molecular formula is C56H72FN13O13S2. The van der Waals surface area contributed by atoms with Gasteiger partial charge in [0.05, 0.1) is 24.4 Å². The van der Waals surface area contributed by atoms with Crippen molar-refractivity contribution in [3.63, 3.8) is 0 Å². The van der Waals surface area contributed by atoms with Crippen LogP contribution in [0.5, 0.6) is 5.75 Å². The summed E-state index contributed by atoms with van der Waals surface area (Å²) in [5, 5.41) is 70.6. The molecule has 0 bridgehead atoms. The van der Waals surface area contributed by atoms with E-state index in [1.54, 1.807) is 60.8 Å². The van der Waals surface area contributed by atoms with Crippen molar-refractivity contribution in [1.82, 2.24) is 62.5 Å². The van der Waals surface area contributed by atoms with Crippen LogP contribution in [0.2, 0.25) is 0 Å². The molecule has 3 heterocycles. The Morgan fingerprint density at radius 1 is 0.776 bits per heavy atom. The average Bonchev–Trinajstić information content (AvgIpc) is 3.87. The molecule has 8 amide bonds. The molecule has 85 heavy (non-hydrogen) atoms. The van der Waals surface area contributed by atoms with Crippen molar-refractivity contribution in [2.45, 2.75) is 132 Å². The standard InChI is InChI=1S/C56H72FN13O13S2/c1-31(71)47-55(81)65-45(54(80)67-48(32(2)72)56(82)83)30-85-84-29-44(64-50(76)41(24-33-10-4-3-5-11-33)60-46(74)20-17-36-28-70(23-21-57)69-68-36)53(79)62-42(25-34-15-18-37(73)19-16-34)51(77)63-43(26-35-27-59-39-13-7-6-12-38(35)39)52(78)61-40(49(75)66-47)14-8-9-22-58/h3-7,10-13,15-16,18-19,27-28,31-32,40-45,47-48,59,71-73H,8-9,14,17,20-26,29-30,58H2,1-2H3,(H,60,74)(H,61,78)(H,62,79)(H,63,77)(H,64,76)(H,65,81)(H,66,75)(H,67,80)(H,82,83)/t31-,32-,40+,41-,42+,43-,44+,45+,47+,48+/m1/s1. The van der Waals surface area contributed by atoms with Crippen LogP contribution in [-0.4, -0.2) is 179 Å². The number of aryl methyl sites for hydroxylation is 2. The highest BCUT2D eigenvalue weighted by atomic mass is 33.1. The lowest BCUT2D eigenvalue weighted by atomic mass is 10.0. The summed E-state index contributed by atoms with van der Waals surface area (Å²) >= 11 is 0. The number of halogens is 1. The molecule has 0 spiro atoms. The van der Waals surface area contributed by atoms with Crippen LogP contribution < -0.4 is 48.3 Å². The Morgan fingerprint density at radius 3 is 2.12 bits per heavy atom. The first-order chi connectivity index (χ1) is 40.7. The molecule has 2 aromatic heterocycles. The zero-order valence-electron chi connectivity index (χ0n) is 46.7. The number of phenols is 1. The Balaban J connectivity index is 1.41. The Kier molecular flexibility index (Phi) is 25.5. The van der Waals surface area contributed by atoms with Crippen molar-refractivity contribution >= 4 is 85.7 Å². The molecule has 10 atom stereocenters. The summed E-state index contributed by atoms with van der Waals surface area (Å²) in [6.07, 6.45) is -0.132. The molecule has 0 aliphatic carbocycles. The van der Waals surface area contributed by atoms with Gasteiger partial charge in [-0.25, -0.2) is 13.9 Å². The second kappa shape index (κ2) is 32.8. The quantitative estimate of drug-likeness (QED) is 0.0285. The van der Waals surface area contributed by atoms with Crippen molar-refractivity contribution < 1.29 is 68.0 Å². The number of carbonyl (C=O) groups excluding carboxylic acids is 8. The third kappa shape index (κ3) is 20.3. The highest BCUT2D eigenvalue weighted by Gasteiger charge is 2.37. The van der Waals surface area contributed by atoms with Crippen molar-refractivity contribution in [1.29, 1.82) is 0 Å². The van der Waals surface area contributed by atoms with Gasteiger partial charge in [0.25, 0.3) is 0 Å². The number of rotatable bonds is 23. The number of carboxylic acid groups (broad SMARTS) is 1. The molecule has 3 aromatic carbocycles. The lowest BCUT2D eigenvalue weighted by Crippen LogP contribution is -2.62. The van der Waals surface area contributed by atoms with Crippen LogP contribution in [-0.2, 0) is 75.4 Å². The Labute approximate surface area is 496 Å². The molecule has 0 saturated carbocycles. The predicted octanol–water partition coefficient (Wildman–Crippen LogP) is -0.656. The molecule has 29 heteroatoms. The molecule has 1 saturated heterocycles. The van der Waals surface area contributed by atoms with Crippen LogP contribution in [0.1, 0.15) is 61.9 Å². The number of alkyl halides is 1. The number of amides is 8. The summed E-state index contributed by atoms with van der Waals surface area (Å²) in [6, 6.07) is 8.86. The number of H-pyrrole nitrogens is 1. The van der Waals surface area contributed by atoms with Crippen LogP contribution in [0.4, 0.5) is 4.39 Å². The number of phenolic OH excluding ortho intramolecular Hbond substituents is 1. The van der Waals surface area contributed by atoms with Crippen molar-refractivity contribution in [3.05, 3.63) is 114 Å². The Morgan fingerprint density at radius 2 is 1.44 bits per heavy atom. The number of aliphatic carboxylic acids is 1. The van der Waals surface area contributed by atoms with E-state index >= 15 is 4.79 Å². The zero-order chi connectivity index (χ0) is 61.6. The summed E-state index contributed by atoms with van der Waals surface area (Å²) in [5.41, 5.74) is 8.51. The van der Waals surface area contributed by atoms with Gasteiger partial charge >= 0.3 is 5.97 Å². The number of nitrogens with one attached hydrogen (secondary N) is 9. The number of hydrogen-bond acceptors (Lipinski definition) is 17. The largest absolute Gasteiger partial charge is 0.508 e.